The molecule has 118 valence electrons. The van der Waals surface area contributed by atoms with Gasteiger partial charge in [0.15, 0.2) is 0 Å². The molecular weight excluding hydrogens is 299 g/mol. The molecule has 0 aliphatic carbocycles. The lowest BCUT2D eigenvalue weighted by molar-refractivity contribution is 0.259. The van der Waals surface area contributed by atoms with Crippen LogP contribution in [-0.2, 0) is 7.05 Å². The van der Waals surface area contributed by atoms with Gasteiger partial charge in [0.2, 0.25) is 0 Å². The fraction of sp³-hybridized carbons (Fsp3) is 0.133. The van der Waals surface area contributed by atoms with E-state index in [1.54, 1.807) is 49.2 Å². The van der Waals surface area contributed by atoms with Crippen molar-refractivity contribution in [2.24, 2.45) is 12.8 Å². The summed E-state index contributed by atoms with van der Waals surface area (Å²) in [5.41, 5.74) is 7.46. The summed E-state index contributed by atoms with van der Waals surface area (Å²) in [7, 11) is 1.79. The summed E-state index contributed by atoms with van der Waals surface area (Å²) in [5, 5.41) is 11.0. The Morgan fingerprint density at radius 1 is 1.35 bits per heavy atom. The van der Waals surface area contributed by atoms with Crippen LogP contribution in [-0.4, -0.2) is 25.6 Å². The molecule has 23 heavy (non-hydrogen) atoms. The molecule has 2 heterocycles. The van der Waals surface area contributed by atoms with E-state index in [9.17, 15) is 9.18 Å². The molecule has 0 radical (unpaired) electrons. The first-order valence-corrected chi connectivity index (χ1v) is 6.87. The minimum absolute atomic E-state index is 0.217. The first-order chi connectivity index (χ1) is 11.0. The predicted octanol–water partition coefficient (Wildman–Crippen LogP) is 2.21. The van der Waals surface area contributed by atoms with Gasteiger partial charge in [0.1, 0.15) is 23.0 Å². The third-order valence-electron chi connectivity index (χ3n) is 3.42. The van der Waals surface area contributed by atoms with Crippen molar-refractivity contribution in [3.8, 4) is 16.9 Å². The second-order valence-corrected chi connectivity index (χ2v) is 5.08. The number of nitrogens with zero attached hydrogens (tertiary/aromatic N) is 4. The van der Waals surface area contributed by atoms with Crippen molar-refractivity contribution in [3.05, 3.63) is 48.0 Å². The summed E-state index contributed by atoms with van der Waals surface area (Å²) < 4.78 is 17.1. The van der Waals surface area contributed by atoms with Crippen LogP contribution < -0.4 is 11.1 Å². The monoisotopic (exact) mass is 314 g/mol. The van der Waals surface area contributed by atoms with E-state index in [1.165, 1.54) is 10.7 Å². The molecule has 0 saturated carbocycles. The number of benzene rings is 1. The van der Waals surface area contributed by atoms with Gasteiger partial charge in [0, 0.05) is 24.4 Å². The zero-order chi connectivity index (χ0) is 16.6. The van der Waals surface area contributed by atoms with E-state index in [2.05, 4.69) is 15.5 Å². The van der Waals surface area contributed by atoms with Gasteiger partial charge in [-0.15, -0.1) is 0 Å². The van der Waals surface area contributed by atoms with Crippen LogP contribution in [0.4, 0.5) is 15.0 Å². The number of para-hydroxylation sites is 1. The lowest BCUT2D eigenvalue weighted by Crippen LogP contribution is -2.22. The number of hydrogen-bond donors (Lipinski definition) is 2. The number of aryl methyl sites for hydroxylation is 1. The van der Waals surface area contributed by atoms with Gasteiger partial charge in [-0.2, -0.15) is 10.2 Å². The topological polar surface area (TPSA) is 90.8 Å². The standard InChI is InChI=1S/C15H15FN6O/c1-9-13(10-7-18-21(2)8-10)20-22(14(9)19-15(17)23)12-6-4-3-5-11(12)16/h3-8H,1-2H3,(H3,17,19,23). The lowest BCUT2D eigenvalue weighted by Gasteiger charge is -2.08. The third-order valence-corrected chi connectivity index (χ3v) is 3.42. The second-order valence-electron chi connectivity index (χ2n) is 5.08. The molecule has 8 heteroatoms. The minimum Gasteiger partial charge on any atom is -0.351 e. The second kappa shape index (κ2) is 5.56. The number of anilines is 1. The van der Waals surface area contributed by atoms with Crippen molar-refractivity contribution in [1.29, 1.82) is 0 Å². The zero-order valence-electron chi connectivity index (χ0n) is 12.6. The maximum atomic E-state index is 14.1. The Kier molecular flexibility index (Phi) is 3.57. The van der Waals surface area contributed by atoms with E-state index in [-0.39, 0.29) is 5.69 Å². The zero-order valence-corrected chi connectivity index (χ0v) is 12.6. The van der Waals surface area contributed by atoms with Gasteiger partial charge in [0.25, 0.3) is 0 Å². The van der Waals surface area contributed by atoms with Crippen molar-refractivity contribution in [2.45, 2.75) is 6.92 Å². The van der Waals surface area contributed by atoms with Crippen LogP contribution in [0, 0.1) is 12.7 Å². The Morgan fingerprint density at radius 3 is 2.70 bits per heavy atom. The number of nitrogens with one attached hydrogen (secondary N) is 1. The van der Waals surface area contributed by atoms with Crippen LogP contribution in [0.2, 0.25) is 0 Å². The number of amides is 2. The highest BCUT2D eigenvalue weighted by Gasteiger charge is 2.20. The van der Waals surface area contributed by atoms with E-state index in [1.807, 2.05) is 0 Å². The Labute approximate surface area is 131 Å². The first-order valence-electron chi connectivity index (χ1n) is 6.87. The first kappa shape index (κ1) is 14.8. The maximum Gasteiger partial charge on any atom is 0.317 e. The fourth-order valence-electron chi connectivity index (χ4n) is 2.37. The van der Waals surface area contributed by atoms with E-state index >= 15 is 0 Å². The molecule has 0 aliphatic heterocycles. The normalized spacial score (nSPS) is 10.7. The van der Waals surface area contributed by atoms with E-state index in [0.717, 1.165) is 5.56 Å². The van der Waals surface area contributed by atoms with E-state index < -0.39 is 11.8 Å². The van der Waals surface area contributed by atoms with Crippen LogP contribution in [0.3, 0.4) is 0 Å². The Bertz CT molecular complexity index is 882. The highest BCUT2D eigenvalue weighted by Crippen LogP contribution is 2.30. The quantitative estimate of drug-likeness (QED) is 0.776. The molecule has 0 aliphatic rings. The molecule has 3 rings (SSSR count). The van der Waals surface area contributed by atoms with Gasteiger partial charge in [-0.25, -0.2) is 13.9 Å². The van der Waals surface area contributed by atoms with Gasteiger partial charge in [0.05, 0.1) is 6.20 Å². The Morgan fingerprint density at radius 2 is 2.09 bits per heavy atom. The van der Waals surface area contributed by atoms with E-state index in [4.69, 9.17) is 5.73 Å². The van der Waals surface area contributed by atoms with Gasteiger partial charge < -0.3 is 5.73 Å². The summed E-state index contributed by atoms with van der Waals surface area (Å²) in [6, 6.07) is 5.42. The highest BCUT2D eigenvalue weighted by atomic mass is 19.1. The SMILES string of the molecule is Cc1c(-c2cnn(C)c2)nn(-c2ccccc2F)c1NC(N)=O. The number of primary amides is 1. The number of halogens is 1. The van der Waals surface area contributed by atoms with Crippen molar-refractivity contribution in [2.75, 3.05) is 5.32 Å². The van der Waals surface area contributed by atoms with Gasteiger partial charge in [-0.3, -0.25) is 10.00 Å². The molecule has 7 nitrogen and oxygen atoms in total. The summed E-state index contributed by atoms with van der Waals surface area (Å²) in [5.74, 6) is -0.137. The van der Waals surface area contributed by atoms with Crippen LogP contribution in [0.1, 0.15) is 5.56 Å². The number of carbonyl (C=O) groups is 1. The van der Waals surface area contributed by atoms with Crippen LogP contribution in [0.15, 0.2) is 36.7 Å². The smallest absolute Gasteiger partial charge is 0.317 e. The molecule has 3 N–H and O–H groups in total. The highest BCUT2D eigenvalue weighted by molar-refractivity contribution is 5.89. The van der Waals surface area contributed by atoms with Gasteiger partial charge in [-0.1, -0.05) is 12.1 Å². The molecular formula is C15H15FN6O. The Balaban J connectivity index is 2.22. The van der Waals surface area contributed by atoms with E-state index in [0.29, 0.717) is 17.1 Å². The van der Waals surface area contributed by atoms with Crippen molar-refractivity contribution < 1.29 is 9.18 Å². The van der Waals surface area contributed by atoms with Crippen molar-refractivity contribution in [3.63, 3.8) is 0 Å². The van der Waals surface area contributed by atoms with Gasteiger partial charge >= 0.3 is 6.03 Å². The number of rotatable bonds is 3. The molecule has 0 saturated heterocycles. The van der Waals surface area contributed by atoms with Crippen molar-refractivity contribution in [1.82, 2.24) is 19.6 Å². The van der Waals surface area contributed by atoms with Crippen LogP contribution in [0.25, 0.3) is 16.9 Å². The molecule has 0 spiro atoms. The molecule has 0 bridgehead atoms. The number of nitrogens with two attached hydrogens (primary N) is 1. The molecule has 3 aromatic rings. The summed E-state index contributed by atoms with van der Waals surface area (Å²) in [6.45, 7) is 1.78. The largest absolute Gasteiger partial charge is 0.351 e. The number of hydrogen-bond acceptors (Lipinski definition) is 3. The average molecular weight is 314 g/mol. The molecule has 1 aromatic carbocycles. The molecule has 0 atom stereocenters. The van der Waals surface area contributed by atoms with Crippen LogP contribution >= 0.6 is 0 Å². The fourth-order valence-corrected chi connectivity index (χ4v) is 2.37. The summed E-state index contributed by atoms with van der Waals surface area (Å²) in [6.07, 6.45) is 3.43. The maximum absolute atomic E-state index is 14.1. The van der Waals surface area contributed by atoms with Gasteiger partial charge in [-0.05, 0) is 19.1 Å². The third kappa shape index (κ3) is 2.66. The van der Waals surface area contributed by atoms with Crippen molar-refractivity contribution >= 4 is 11.8 Å². The number of carbonyl (C=O) groups excluding carboxylic acids is 1. The number of aromatic nitrogens is 4. The predicted molar refractivity (Wildman–Crippen MR) is 83.7 cm³/mol. The summed E-state index contributed by atoms with van der Waals surface area (Å²) >= 11 is 0. The van der Waals surface area contributed by atoms with Crippen LogP contribution in [0.5, 0.6) is 0 Å². The molecule has 2 amide bonds. The lowest BCUT2D eigenvalue weighted by atomic mass is 10.1. The summed E-state index contributed by atoms with van der Waals surface area (Å²) in [4.78, 5) is 11.3. The number of urea groups is 1. The average Bonchev–Trinajstić information content (AvgIpc) is 3.05. The molecule has 2 aromatic heterocycles. The minimum atomic E-state index is -0.747. The molecule has 0 fully saturated rings. The molecule has 0 unspecified atom stereocenters. The Hall–Kier alpha value is -3.16.